The molecule has 0 aromatic rings. The minimum absolute atomic E-state index is 0.508. The molecular formula is C19H39N5. The highest BCUT2D eigenvalue weighted by Gasteiger charge is 2.19. The number of nitrogens with one attached hydrogen (secondary N) is 1. The summed E-state index contributed by atoms with van der Waals surface area (Å²) in [7, 11) is 4.35. The lowest BCUT2D eigenvalue weighted by Gasteiger charge is -2.36. The van der Waals surface area contributed by atoms with Crippen molar-refractivity contribution in [3.8, 4) is 0 Å². The molecule has 1 rings (SSSR count). The molecule has 0 aliphatic carbocycles. The lowest BCUT2D eigenvalue weighted by atomic mass is 10.2. The Labute approximate surface area is 149 Å². The molecule has 0 saturated carbocycles. The molecular weight excluding hydrogens is 298 g/mol. The summed E-state index contributed by atoms with van der Waals surface area (Å²) in [5.74, 6) is 1.04. The lowest BCUT2D eigenvalue weighted by Crippen LogP contribution is -2.49. The number of rotatable bonds is 10. The van der Waals surface area contributed by atoms with E-state index in [2.05, 4.69) is 54.5 Å². The Bertz CT molecular complexity index is 361. The van der Waals surface area contributed by atoms with Crippen LogP contribution in [0.2, 0.25) is 0 Å². The zero-order chi connectivity index (χ0) is 17.8. The summed E-state index contributed by atoms with van der Waals surface area (Å²) in [4.78, 5) is 12.1. The number of aliphatic imine (C=N–C) groups is 1. The number of guanidine groups is 1. The summed E-state index contributed by atoms with van der Waals surface area (Å²) in [6.45, 7) is 15.7. The van der Waals surface area contributed by atoms with Gasteiger partial charge in [-0.2, -0.15) is 0 Å². The van der Waals surface area contributed by atoms with Crippen LogP contribution in [0.1, 0.15) is 39.5 Å². The SMILES string of the molecule is C=CCCCCCN(C)C(=NCC(C)N1CCN(C)CC1)NCC. The van der Waals surface area contributed by atoms with Crippen molar-refractivity contribution in [2.45, 2.75) is 45.6 Å². The summed E-state index contributed by atoms with van der Waals surface area (Å²) in [5, 5.41) is 3.43. The van der Waals surface area contributed by atoms with Crippen molar-refractivity contribution in [3.05, 3.63) is 12.7 Å². The first-order valence-corrected chi connectivity index (χ1v) is 9.61. The van der Waals surface area contributed by atoms with Gasteiger partial charge in [-0.15, -0.1) is 6.58 Å². The normalized spacial score (nSPS) is 18.4. The maximum atomic E-state index is 4.88. The van der Waals surface area contributed by atoms with Crippen molar-refractivity contribution >= 4 is 5.96 Å². The molecule has 1 heterocycles. The highest BCUT2D eigenvalue weighted by atomic mass is 15.3. The van der Waals surface area contributed by atoms with Crippen LogP contribution in [0.25, 0.3) is 0 Å². The molecule has 5 nitrogen and oxygen atoms in total. The first-order valence-electron chi connectivity index (χ1n) is 9.61. The zero-order valence-electron chi connectivity index (χ0n) is 16.4. The third-order valence-electron chi connectivity index (χ3n) is 4.76. The van der Waals surface area contributed by atoms with Gasteiger partial charge in [-0.1, -0.05) is 12.5 Å². The number of hydrogen-bond acceptors (Lipinski definition) is 3. The largest absolute Gasteiger partial charge is 0.357 e. The van der Waals surface area contributed by atoms with E-state index in [1.807, 2.05) is 6.08 Å². The van der Waals surface area contributed by atoms with E-state index < -0.39 is 0 Å². The standard InChI is InChI=1S/C19H39N5/c1-6-8-9-10-11-12-23(5)19(20-7-2)21-17-18(3)24-15-13-22(4)14-16-24/h6,18H,1,7-17H2,2-5H3,(H,20,21). The third kappa shape index (κ3) is 8.15. The smallest absolute Gasteiger partial charge is 0.193 e. The van der Waals surface area contributed by atoms with Crippen LogP contribution in [-0.2, 0) is 0 Å². The van der Waals surface area contributed by atoms with Crippen LogP contribution in [0.4, 0.5) is 0 Å². The van der Waals surface area contributed by atoms with Gasteiger partial charge < -0.3 is 15.1 Å². The van der Waals surface area contributed by atoms with Crippen LogP contribution in [0.15, 0.2) is 17.6 Å². The lowest BCUT2D eigenvalue weighted by molar-refractivity contribution is 0.122. The van der Waals surface area contributed by atoms with Crippen molar-refractivity contribution in [1.82, 2.24) is 20.0 Å². The van der Waals surface area contributed by atoms with Crippen LogP contribution in [0.5, 0.6) is 0 Å². The second-order valence-electron chi connectivity index (χ2n) is 6.94. The summed E-state index contributed by atoms with van der Waals surface area (Å²) < 4.78 is 0. The molecule has 1 aliphatic rings. The molecule has 5 heteroatoms. The average Bonchev–Trinajstić information content (AvgIpc) is 2.58. The highest BCUT2D eigenvalue weighted by molar-refractivity contribution is 5.79. The predicted molar refractivity (Wildman–Crippen MR) is 106 cm³/mol. The number of nitrogens with zero attached hydrogens (tertiary/aromatic N) is 4. The first-order chi connectivity index (χ1) is 11.6. The van der Waals surface area contributed by atoms with E-state index in [0.717, 1.165) is 45.1 Å². The van der Waals surface area contributed by atoms with Gasteiger partial charge >= 0.3 is 0 Å². The fourth-order valence-electron chi connectivity index (χ4n) is 2.99. The molecule has 24 heavy (non-hydrogen) atoms. The Morgan fingerprint density at radius 2 is 1.96 bits per heavy atom. The molecule has 1 atom stereocenters. The van der Waals surface area contributed by atoms with Crippen molar-refractivity contribution < 1.29 is 0 Å². The Balaban J connectivity index is 2.40. The highest BCUT2D eigenvalue weighted by Crippen LogP contribution is 2.06. The van der Waals surface area contributed by atoms with Gasteiger partial charge in [0.25, 0.3) is 0 Å². The van der Waals surface area contributed by atoms with Crippen LogP contribution in [-0.4, -0.2) is 86.6 Å². The minimum atomic E-state index is 0.508. The number of hydrogen-bond donors (Lipinski definition) is 1. The molecule has 0 bridgehead atoms. The molecule has 1 unspecified atom stereocenters. The molecule has 0 spiro atoms. The Morgan fingerprint density at radius 3 is 2.58 bits per heavy atom. The predicted octanol–water partition coefficient (Wildman–Crippen LogP) is 2.27. The van der Waals surface area contributed by atoms with Gasteiger partial charge in [0.15, 0.2) is 5.96 Å². The second-order valence-corrected chi connectivity index (χ2v) is 6.94. The van der Waals surface area contributed by atoms with Gasteiger partial charge in [0.2, 0.25) is 0 Å². The zero-order valence-corrected chi connectivity index (χ0v) is 16.4. The summed E-state index contributed by atoms with van der Waals surface area (Å²) in [6, 6.07) is 0.508. The summed E-state index contributed by atoms with van der Waals surface area (Å²) in [6.07, 6.45) is 6.84. The van der Waals surface area contributed by atoms with E-state index in [9.17, 15) is 0 Å². The van der Waals surface area contributed by atoms with Gasteiger partial charge in [0, 0.05) is 52.4 Å². The van der Waals surface area contributed by atoms with Crippen molar-refractivity contribution in [2.75, 3.05) is 59.9 Å². The molecule has 0 radical (unpaired) electrons. The molecule has 1 saturated heterocycles. The van der Waals surface area contributed by atoms with Crippen LogP contribution in [0.3, 0.4) is 0 Å². The Kier molecular flexibility index (Phi) is 10.8. The van der Waals surface area contributed by atoms with Gasteiger partial charge in [0.05, 0.1) is 6.54 Å². The molecule has 1 aliphatic heterocycles. The van der Waals surface area contributed by atoms with Crippen LogP contribution < -0.4 is 5.32 Å². The topological polar surface area (TPSA) is 34.1 Å². The Hall–Kier alpha value is -1.07. The van der Waals surface area contributed by atoms with Crippen molar-refractivity contribution in [2.24, 2.45) is 4.99 Å². The minimum Gasteiger partial charge on any atom is -0.357 e. The van der Waals surface area contributed by atoms with E-state index >= 15 is 0 Å². The van der Waals surface area contributed by atoms with E-state index in [-0.39, 0.29) is 0 Å². The van der Waals surface area contributed by atoms with Gasteiger partial charge in [0.1, 0.15) is 0 Å². The molecule has 1 fully saturated rings. The number of unbranched alkanes of at least 4 members (excludes halogenated alkanes) is 3. The maximum absolute atomic E-state index is 4.88. The van der Waals surface area contributed by atoms with Gasteiger partial charge in [-0.05, 0) is 40.2 Å². The van der Waals surface area contributed by atoms with Crippen LogP contribution in [0, 0.1) is 0 Å². The van der Waals surface area contributed by atoms with Crippen molar-refractivity contribution in [3.63, 3.8) is 0 Å². The molecule has 0 aromatic heterocycles. The Morgan fingerprint density at radius 1 is 1.25 bits per heavy atom. The summed E-state index contributed by atoms with van der Waals surface area (Å²) in [5.41, 5.74) is 0. The maximum Gasteiger partial charge on any atom is 0.193 e. The fourth-order valence-corrected chi connectivity index (χ4v) is 2.99. The van der Waals surface area contributed by atoms with E-state index in [1.165, 1.54) is 32.4 Å². The molecule has 0 aromatic carbocycles. The van der Waals surface area contributed by atoms with E-state index in [1.54, 1.807) is 0 Å². The molecule has 140 valence electrons. The third-order valence-corrected chi connectivity index (χ3v) is 4.76. The number of piperazine rings is 1. The second kappa shape index (κ2) is 12.3. The molecule has 1 N–H and O–H groups in total. The molecule has 0 amide bonds. The van der Waals surface area contributed by atoms with Crippen molar-refractivity contribution in [1.29, 1.82) is 0 Å². The quantitative estimate of drug-likeness (QED) is 0.287. The van der Waals surface area contributed by atoms with E-state index in [4.69, 9.17) is 4.99 Å². The first kappa shape index (κ1) is 21.0. The average molecular weight is 338 g/mol. The van der Waals surface area contributed by atoms with Crippen LogP contribution >= 0.6 is 0 Å². The fraction of sp³-hybridized carbons (Fsp3) is 0.842. The number of allylic oxidation sites excluding steroid dienone is 1. The summed E-state index contributed by atoms with van der Waals surface area (Å²) >= 11 is 0. The van der Waals surface area contributed by atoms with Gasteiger partial charge in [-0.3, -0.25) is 9.89 Å². The number of likely N-dealkylation sites (N-methyl/N-ethyl adjacent to an activating group) is 1. The van der Waals surface area contributed by atoms with Gasteiger partial charge in [-0.25, -0.2) is 0 Å². The van der Waals surface area contributed by atoms with E-state index in [0.29, 0.717) is 6.04 Å². The monoisotopic (exact) mass is 337 g/mol.